The van der Waals surface area contributed by atoms with Crippen LogP contribution in [0, 0.1) is 13.8 Å². The molecule has 5 nitrogen and oxygen atoms in total. The molecular formula is C10H10N4O. The first-order valence-corrected chi connectivity index (χ1v) is 4.52. The topological polar surface area (TPSA) is 71.5 Å². The van der Waals surface area contributed by atoms with Crippen molar-refractivity contribution in [3.63, 3.8) is 0 Å². The quantitative estimate of drug-likeness (QED) is 0.743. The lowest BCUT2D eigenvalue weighted by atomic mass is 10.2. The van der Waals surface area contributed by atoms with Crippen molar-refractivity contribution in [2.75, 3.05) is 0 Å². The first-order valence-electron chi connectivity index (χ1n) is 4.52. The van der Waals surface area contributed by atoms with Gasteiger partial charge in [0.05, 0.1) is 0 Å². The largest absolute Gasteiger partial charge is 0.305 e. The molecule has 0 bridgehead atoms. The molecule has 0 aliphatic rings. The Kier molecular flexibility index (Phi) is 2.29. The van der Waals surface area contributed by atoms with Crippen LogP contribution in [0.5, 0.6) is 0 Å². The number of aryl methyl sites for hydroxylation is 1. The Bertz CT molecular complexity index is 533. The van der Waals surface area contributed by atoms with Crippen LogP contribution in [0.3, 0.4) is 0 Å². The van der Waals surface area contributed by atoms with Crippen molar-refractivity contribution in [1.29, 1.82) is 0 Å². The number of aromatic nitrogens is 4. The van der Waals surface area contributed by atoms with Gasteiger partial charge in [0.2, 0.25) is 0 Å². The van der Waals surface area contributed by atoms with E-state index in [1.165, 1.54) is 6.33 Å². The number of hydrogen-bond donors (Lipinski definition) is 1. The molecular weight excluding hydrogens is 192 g/mol. The minimum atomic E-state index is -0.129. The van der Waals surface area contributed by atoms with Crippen LogP contribution < -0.4 is 5.56 Å². The van der Waals surface area contributed by atoms with Crippen molar-refractivity contribution in [2.45, 2.75) is 13.8 Å². The van der Waals surface area contributed by atoms with Crippen molar-refractivity contribution in [3.8, 4) is 11.5 Å². The zero-order chi connectivity index (χ0) is 10.8. The summed E-state index contributed by atoms with van der Waals surface area (Å²) < 4.78 is 0. The second kappa shape index (κ2) is 3.61. The number of nitrogens with zero attached hydrogens (tertiary/aromatic N) is 3. The molecule has 0 spiro atoms. The van der Waals surface area contributed by atoms with Crippen LogP contribution in [0.2, 0.25) is 0 Å². The van der Waals surface area contributed by atoms with Gasteiger partial charge in [-0.15, -0.1) is 0 Å². The van der Waals surface area contributed by atoms with Gasteiger partial charge in [0.1, 0.15) is 12.0 Å². The van der Waals surface area contributed by atoms with E-state index in [-0.39, 0.29) is 5.56 Å². The molecule has 0 amide bonds. The van der Waals surface area contributed by atoms with Gasteiger partial charge in [-0.25, -0.2) is 15.0 Å². The number of hydrogen-bond acceptors (Lipinski definition) is 4. The Morgan fingerprint density at radius 1 is 1.33 bits per heavy atom. The highest BCUT2D eigenvalue weighted by Crippen LogP contribution is 2.09. The predicted molar refractivity (Wildman–Crippen MR) is 55.4 cm³/mol. The molecule has 0 atom stereocenters. The monoisotopic (exact) mass is 202 g/mol. The summed E-state index contributed by atoms with van der Waals surface area (Å²) >= 11 is 0. The van der Waals surface area contributed by atoms with E-state index in [2.05, 4.69) is 19.9 Å². The van der Waals surface area contributed by atoms with Crippen LogP contribution in [-0.4, -0.2) is 19.9 Å². The third-order valence-corrected chi connectivity index (χ3v) is 2.22. The molecule has 5 heteroatoms. The fourth-order valence-electron chi connectivity index (χ4n) is 1.20. The molecule has 0 saturated heterocycles. The molecule has 0 aliphatic heterocycles. The van der Waals surface area contributed by atoms with Crippen LogP contribution in [0.25, 0.3) is 11.5 Å². The van der Waals surface area contributed by atoms with Crippen LogP contribution in [0.1, 0.15) is 11.3 Å². The Morgan fingerprint density at radius 2 is 2.13 bits per heavy atom. The molecule has 2 rings (SSSR count). The lowest BCUT2D eigenvalue weighted by molar-refractivity contribution is 1.01. The van der Waals surface area contributed by atoms with E-state index in [1.807, 2.05) is 0 Å². The van der Waals surface area contributed by atoms with Crippen molar-refractivity contribution in [1.82, 2.24) is 19.9 Å². The minimum Gasteiger partial charge on any atom is -0.305 e. The van der Waals surface area contributed by atoms with Gasteiger partial charge >= 0.3 is 0 Å². The Hall–Kier alpha value is -2.04. The third-order valence-electron chi connectivity index (χ3n) is 2.22. The Morgan fingerprint density at radius 3 is 2.73 bits per heavy atom. The number of nitrogens with one attached hydrogen (secondary N) is 1. The second-order valence-corrected chi connectivity index (χ2v) is 3.22. The maximum atomic E-state index is 11.5. The van der Waals surface area contributed by atoms with Crippen LogP contribution in [-0.2, 0) is 0 Å². The summed E-state index contributed by atoms with van der Waals surface area (Å²) in [6.07, 6.45) is 3.03. The zero-order valence-electron chi connectivity index (χ0n) is 8.48. The number of H-pyrrole nitrogens is 1. The van der Waals surface area contributed by atoms with Crippen molar-refractivity contribution in [2.24, 2.45) is 0 Å². The van der Waals surface area contributed by atoms with Crippen LogP contribution in [0.4, 0.5) is 0 Å². The maximum absolute atomic E-state index is 11.5. The standard InChI is InChI=1S/C10H10N4O/c1-6-7(2)13-9(14-10(6)15)8-3-4-11-5-12-8/h3-5H,1-2H3,(H,13,14,15). The van der Waals surface area contributed by atoms with Gasteiger partial charge in [-0.05, 0) is 19.9 Å². The molecule has 0 aliphatic carbocycles. The highest BCUT2D eigenvalue weighted by molar-refractivity contribution is 5.47. The van der Waals surface area contributed by atoms with Gasteiger partial charge in [0.15, 0.2) is 5.82 Å². The minimum absolute atomic E-state index is 0.129. The lowest BCUT2D eigenvalue weighted by Crippen LogP contribution is -2.14. The number of aromatic amines is 1. The summed E-state index contributed by atoms with van der Waals surface area (Å²) in [6.45, 7) is 3.54. The van der Waals surface area contributed by atoms with E-state index in [1.54, 1.807) is 26.1 Å². The fourth-order valence-corrected chi connectivity index (χ4v) is 1.20. The van der Waals surface area contributed by atoms with Crippen LogP contribution >= 0.6 is 0 Å². The SMILES string of the molecule is Cc1nc(-c2ccncn2)[nH]c(=O)c1C. The van der Waals surface area contributed by atoms with E-state index in [4.69, 9.17) is 0 Å². The highest BCUT2D eigenvalue weighted by atomic mass is 16.1. The van der Waals surface area contributed by atoms with Gasteiger partial charge in [0, 0.05) is 17.5 Å². The van der Waals surface area contributed by atoms with Gasteiger partial charge in [-0.3, -0.25) is 4.79 Å². The highest BCUT2D eigenvalue weighted by Gasteiger charge is 2.05. The van der Waals surface area contributed by atoms with E-state index in [9.17, 15) is 4.79 Å². The Labute approximate surface area is 86.3 Å². The molecule has 0 aromatic carbocycles. The summed E-state index contributed by atoms with van der Waals surface area (Å²) in [4.78, 5) is 26.2. The first-order chi connectivity index (χ1) is 7.18. The fraction of sp³-hybridized carbons (Fsp3) is 0.200. The predicted octanol–water partition coefficient (Wildman–Crippen LogP) is 0.844. The van der Waals surface area contributed by atoms with E-state index in [0.717, 1.165) is 0 Å². The molecule has 76 valence electrons. The smallest absolute Gasteiger partial charge is 0.254 e. The Balaban J connectivity index is 2.61. The molecule has 2 aromatic rings. The van der Waals surface area contributed by atoms with Gasteiger partial charge in [-0.1, -0.05) is 0 Å². The van der Waals surface area contributed by atoms with Crippen molar-refractivity contribution >= 4 is 0 Å². The third kappa shape index (κ3) is 1.76. The van der Waals surface area contributed by atoms with Gasteiger partial charge < -0.3 is 4.98 Å². The summed E-state index contributed by atoms with van der Waals surface area (Å²) in [5, 5.41) is 0. The molecule has 2 aromatic heterocycles. The molecule has 0 unspecified atom stereocenters. The maximum Gasteiger partial charge on any atom is 0.254 e. The molecule has 15 heavy (non-hydrogen) atoms. The molecule has 0 radical (unpaired) electrons. The van der Waals surface area contributed by atoms with Crippen molar-refractivity contribution in [3.05, 3.63) is 40.2 Å². The summed E-state index contributed by atoms with van der Waals surface area (Å²) in [5.74, 6) is 0.477. The molecule has 0 saturated carbocycles. The van der Waals surface area contributed by atoms with Crippen LogP contribution in [0.15, 0.2) is 23.4 Å². The molecule has 2 heterocycles. The van der Waals surface area contributed by atoms with E-state index in [0.29, 0.717) is 22.8 Å². The van der Waals surface area contributed by atoms with E-state index < -0.39 is 0 Å². The molecule has 0 fully saturated rings. The average Bonchev–Trinajstić information content (AvgIpc) is 2.26. The van der Waals surface area contributed by atoms with E-state index >= 15 is 0 Å². The molecule has 1 N–H and O–H groups in total. The number of rotatable bonds is 1. The summed E-state index contributed by atoms with van der Waals surface area (Å²) in [5.41, 5.74) is 1.83. The average molecular weight is 202 g/mol. The zero-order valence-corrected chi connectivity index (χ0v) is 8.48. The summed E-state index contributed by atoms with van der Waals surface area (Å²) in [6, 6.07) is 1.70. The van der Waals surface area contributed by atoms with Gasteiger partial charge in [0.25, 0.3) is 5.56 Å². The second-order valence-electron chi connectivity index (χ2n) is 3.22. The first kappa shape index (κ1) is 9.51. The summed E-state index contributed by atoms with van der Waals surface area (Å²) in [7, 11) is 0. The normalized spacial score (nSPS) is 10.3. The lowest BCUT2D eigenvalue weighted by Gasteiger charge is -2.02. The van der Waals surface area contributed by atoms with Crippen molar-refractivity contribution < 1.29 is 0 Å². The van der Waals surface area contributed by atoms with Gasteiger partial charge in [-0.2, -0.15) is 0 Å².